The van der Waals surface area contributed by atoms with Crippen molar-refractivity contribution in [3.8, 4) is 11.1 Å². The lowest BCUT2D eigenvalue weighted by atomic mass is 9.98. The van der Waals surface area contributed by atoms with Crippen LogP contribution >= 0.6 is 0 Å². The monoisotopic (exact) mass is 446 g/mol. The van der Waals surface area contributed by atoms with Gasteiger partial charge in [-0.05, 0) is 41.7 Å². The Bertz CT molecular complexity index is 1190. The van der Waals surface area contributed by atoms with Crippen LogP contribution in [0.4, 0.5) is 14.9 Å². The number of nitro benzene ring substituents is 1. The van der Waals surface area contributed by atoms with E-state index in [1.54, 1.807) is 6.08 Å². The zero-order chi connectivity index (χ0) is 23.4. The molecule has 6 nitrogen and oxygen atoms in total. The van der Waals surface area contributed by atoms with Crippen molar-refractivity contribution >= 4 is 17.9 Å². The topological polar surface area (TPSA) is 81.5 Å². The maximum atomic E-state index is 14.0. The molecule has 3 aromatic carbocycles. The third-order valence-corrected chi connectivity index (χ3v) is 5.73. The summed E-state index contributed by atoms with van der Waals surface area (Å²) in [6, 6.07) is 18.6. The summed E-state index contributed by atoms with van der Waals surface area (Å²) in [6.45, 7) is 2.02. The summed E-state index contributed by atoms with van der Waals surface area (Å²) in [5, 5.41) is 13.7. The SMILES string of the molecule is Cc1cc(F)c(C=CCCNC(=O)OCC2c3ccccc3-c3ccccc32)cc1[N+](=O)[O-]. The van der Waals surface area contributed by atoms with Gasteiger partial charge in [-0.15, -0.1) is 0 Å². The van der Waals surface area contributed by atoms with Gasteiger partial charge >= 0.3 is 6.09 Å². The van der Waals surface area contributed by atoms with Gasteiger partial charge in [0.2, 0.25) is 0 Å². The fourth-order valence-electron chi connectivity index (χ4n) is 4.12. The van der Waals surface area contributed by atoms with Crippen molar-refractivity contribution in [1.29, 1.82) is 0 Å². The molecule has 0 saturated carbocycles. The Morgan fingerprint density at radius 2 is 1.76 bits per heavy atom. The van der Waals surface area contributed by atoms with E-state index in [1.807, 2.05) is 24.3 Å². The van der Waals surface area contributed by atoms with Gasteiger partial charge in [-0.1, -0.05) is 60.7 Å². The van der Waals surface area contributed by atoms with E-state index in [0.717, 1.165) is 28.3 Å². The van der Waals surface area contributed by atoms with E-state index in [4.69, 9.17) is 4.74 Å². The molecule has 168 valence electrons. The Labute approximate surface area is 190 Å². The van der Waals surface area contributed by atoms with Crippen molar-refractivity contribution in [2.45, 2.75) is 19.3 Å². The normalized spacial score (nSPS) is 12.4. The van der Waals surface area contributed by atoms with Crippen molar-refractivity contribution in [3.63, 3.8) is 0 Å². The van der Waals surface area contributed by atoms with Gasteiger partial charge in [0.15, 0.2) is 0 Å². The van der Waals surface area contributed by atoms with E-state index in [9.17, 15) is 19.3 Å². The molecule has 0 saturated heterocycles. The molecule has 3 aromatic rings. The molecule has 0 radical (unpaired) electrons. The molecular weight excluding hydrogens is 423 g/mol. The lowest BCUT2D eigenvalue weighted by Gasteiger charge is -2.14. The highest BCUT2D eigenvalue weighted by atomic mass is 19.1. The summed E-state index contributed by atoms with van der Waals surface area (Å²) in [7, 11) is 0. The molecule has 1 amide bonds. The molecule has 0 atom stereocenters. The summed E-state index contributed by atoms with van der Waals surface area (Å²) >= 11 is 0. The van der Waals surface area contributed by atoms with Crippen LogP contribution in [0.25, 0.3) is 17.2 Å². The first kappa shape index (κ1) is 22.2. The molecule has 0 unspecified atom stereocenters. The molecule has 1 aliphatic rings. The minimum absolute atomic E-state index is 0.0108. The second-order valence-corrected chi connectivity index (χ2v) is 7.86. The zero-order valence-electron chi connectivity index (χ0n) is 18.1. The summed E-state index contributed by atoms with van der Waals surface area (Å²) in [4.78, 5) is 22.7. The Morgan fingerprint density at radius 1 is 1.12 bits per heavy atom. The molecule has 1 N–H and O–H groups in total. The van der Waals surface area contributed by atoms with E-state index in [-0.39, 0.29) is 29.3 Å². The molecule has 33 heavy (non-hydrogen) atoms. The smallest absolute Gasteiger partial charge is 0.407 e. The second kappa shape index (κ2) is 9.65. The predicted molar refractivity (Wildman–Crippen MR) is 125 cm³/mol. The minimum atomic E-state index is -0.537. The molecule has 7 heteroatoms. The fraction of sp³-hybridized carbons (Fsp3) is 0.192. The molecule has 0 fully saturated rings. The van der Waals surface area contributed by atoms with Crippen molar-refractivity contribution < 1.29 is 18.8 Å². The van der Waals surface area contributed by atoms with Gasteiger partial charge in [0.05, 0.1) is 4.92 Å². The van der Waals surface area contributed by atoms with Crippen LogP contribution < -0.4 is 5.32 Å². The Kier molecular flexibility index (Phi) is 6.49. The molecule has 4 rings (SSSR count). The van der Waals surface area contributed by atoms with Crippen LogP contribution in [0.1, 0.15) is 34.6 Å². The number of halogens is 1. The van der Waals surface area contributed by atoms with Crippen LogP contribution in [-0.2, 0) is 4.74 Å². The third kappa shape index (κ3) is 4.77. The highest BCUT2D eigenvalue weighted by molar-refractivity contribution is 5.79. The molecule has 0 aliphatic heterocycles. The number of rotatable bonds is 7. The highest BCUT2D eigenvalue weighted by Crippen LogP contribution is 2.44. The van der Waals surface area contributed by atoms with Gasteiger partial charge in [-0.2, -0.15) is 0 Å². The number of alkyl carbamates (subject to hydrolysis) is 1. The number of aryl methyl sites for hydroxylation is 1. The number of nitro groups is 1. The first-order valence-corrected chi connectivity index (χ1v) is 10.7. The zero-order valence-corrected chi connectivity index (χ0v) is 18.1. The van der Waals surface area contributed by atoms with Crippen molar-refractivity contribution in [1.82, 2.24) is 5.32 Å². The Hall–Kier alpha value is -4.00. The lowest BCUT2D eigenvalue weighted by Crippen LogP contribution is -2.26. The number of nitrogens with one attached hydrogen (secondary N) is 1. The molecule has 0 aromatic heterocycles. The van der Waals surface area contributed by atoms with Crippen LogP contribution in [0, 0.1) is 22.9 Å². The minimum Gasteiger partial charge on any atom is -0.449 e. The predicted octanol–water partition coefficient (Wildman–Crippen LogP) is 5.98. The number of fused-ring (bicyclic) bond motifs is 3. The summed E-state index contributed by atoms with van der Waals surface area (Å²) in [6.07, 6.45) is 3.02. The molecule has 0 heterocycles. The number of benzene rings is 3. The maximum absolute atomic E-state index is 14.0. The van der Waals surface area contributed by atoms with Gasteiger partial charge in [-0.25, -0.2) is 9.18 Å². The third-order valence-electron chi connectivity index (χ3n) is 5.73. The van der Waals surface area contributed by atoms with E-state index >= 15 is 0 Å². The number of amides is 1. The number of carbonyl (C=O) groups excluding carboxylic acids is 1. The molecule has 0 bridgehead atoms. The van der Waals surface area contributed by atoms with Crippen molar-refractivity contribution in [2.75, 3.05) is 13.2 Å². The van der Waals surface area contributed by atoms with Crippen molar-refractivity contribution in [3.05, 3.63) is 105 Å². The van der Waals surface area contributed by atoms with Gasteiger partial charge < -0.3 is 10.1 Å². The first-order chi connectivity index (χ1) is 16.0. The van der Waals surface area contributed by atoms with Crippen LogP contribution in [-0.4, -0.2) is 24.2 Å². The van der Waals surface area contributed by atoms with E-state index in [0.29, 0.717) is 13.0 Å². The molecule has 0 spiro atoms. The van der Waals surface area contributed by atoms with E-state index < -0.39 is 16.8 Å². The van der Waals surface area contributed by atoms with Crippen molar-refractivity contribution in [2.24, 2.45) is 0 Å². The number of ether oxygens (including phenoxy) is 1. The molecule has 1 aliphatic carbocycles. The Morgan fingerprint density at radius 3 is 2.39 bits per heavy atom. The van der Waals surface area contributed by atoms with Gasteiger partial charge in [0.25, 0.3) is 5.69 Å². The average molecular weight is 446 g/mol. The number of carbonyl (C=O) groups is 1. The number of hydrogen-bond donors (Lipinski definition) is 1. The van der Waals surface area contributed by atoms with Crippen LogP contribution in [0.15, 0.2) is 66.7 Å². The van der Waals surface area contributed by atoms with E-state index in [2.05, 4.69) is 29.6 Å². The first-order valence-electron chi connectivity index (χ1n) is 10.7. The Balaban J connectivity index is 1.29. The molecular formula is C26H23FN2O4. The quantitative estimate of drug-likeness (QED) is 0.275. The van der Waals surface area contributed by atoms with Crippen LogP contribution in [0.5, 0.6) is 0 Å². The summed E-state index contributed by atoms with van der Waals surface area (Å²) in [5.41, 5.74) is 4.88. The second-order valence-electron chi connectivity index (χ2n) is 7.86. The van der Waals surface area contributed by atoms with E-state index in [1.165, 1.54) is 19.1 Å². The number of hydrogen-bond acceptors (Lipinski definition) is 4. The standard InChI is InChI=1S/C26H23FN2O4/c1-17-14-24(27)18(15-25(17)29(31)32)8-6-7-13-28-26(30)33-16-23-21-11-4-2-9-19(21)20-10-3-5-12-22(20)23/h2-6,8-12,14-15,23H,7,13,16H2,1H3,(H,28,30). The van der Waals surface area contributed by atoms with Crippen LogP contribution in [0.2, 0.25) is 0 Å². The van der Waals surface area contributed by atoms with Gasteiger partial charge in [0, 0.05) is 29.7 Å². The number of nitrogens with zero attached hydrogens (tertiary/aromatic N) is 1. The fourth-order valence-corrected chi connectivity index (χ4v) is 4.12. The summed E-state index contributed by atoms with van der Waals surface area (Å²) < 4.78 is 19.5. The highest BCUT2D eigenvalue weighted by Gasteiger charge is 2.28. The maximum Gasteiger partial charge on any atom is 0.407 e. The largest absolute Gasteiger partial charge is 0.449 e. The lowest BCUT2D eigenvalue weighted by molar-refractivity contribution is -0.385. The summed E-state index contributed by atoms with van der Waals surface area (Å²) in [5.74, 6) is -0.540. The average Bonchev–Trinajstić information content (AvgIpc) is 3.12. The van der Waals surface area contributed by atoms with Crippen LogP contribution in [0.3, 0.4) is 0 Å². The van der Waals surface area contributed by atoms with Gasteiger partial charge in [-0.3, -0.25) is 10.1 Å². The van der Waals surface area contributed by atoms with Gasteiger partial charge in [0.1, 0.15) is 12.4 Å².